The minimum absolute atomic E-state index is 0.0629. The quantitative estimate of drug-likeness (QED) is 0.701. The summed E-state index contributed by atoms with van der Waals surface area (Å²) in [4.78, 5) is 25.1. The largest absolute Gasteiger partial charge is 0.301 e. The molecule has 0 aliphatic heterocycles. The second-order valence-electron chi connectivity index (χ2n) is 2.36. The molecule has 0 N–H and O–H groups in total. The summed E-state index contributed by atoms with van der Waals surface area (Å²) in [5, 5.41) is -0.0936. The van der Waals surface area contributed by atoms with Gasteiger partial charge in [-0.3, -0.25) is 4.79 Å². The first-order valence-electron chi connectivity index (χ1n) is 3.44. The Morgan fingerprint density at radius 3 is 2.62 bits per heavy atom. The van der Waals surface area contributed by atoms with Gasteiger partial charge >= 0.3 is 0 Å². The highest BCUT2D eigenvalue weighted by Gasteiger charge is 2.09. The van der Waals surface area contributed by atoms with Gasteiger partial charge in [-0.2, -0.15) is 0 Å². The van der Waals surface area contributed by atoms with Gasteiger partial charge in [0.15, 0.2) is 5.15 Å². The van der Waals surface area contributed by atoms with Crippen LogP contribution in [0.4, 0.5) is 0 Å². The van der Waals surface area contributed by atoms with Crippen molar-refractivity contribution in [1.82, 2.24) is 9.55 Å². The molecule has 6 heteroatoms. The van der Waals surface area contributed by atoms with Gasteiger partial charge < -0.3 is 9.36 Å². The number of hydrogen-bond donors (Lipinski definition) is 0. The Morgan fingerprint density at radius 1 is 1.46 bits per heavy atom. The smallest absolute Gasteiger partial charge is 0.288 e. The lowest BCUT2D eigenvalue weighted by atomic mass is 10.4. The predicted octanol–water partition coefficient (Wildman–Crippen LogP) is 1.06. The zero-order valence-electron chi connectivity index (χ0n) is 6.75. The number of carbonyl (C=O) groups excluding carboxylic acids is 1. The molecule has 1 aromatic rings. The number of aldehydes is 1. The summed E-state index contributed by atoms with van der Waals surface area (Å²) in [5.74, 6) is 0. The van der Waals surface area contributed by atoms with Gasteiger partial charge in [-0.25, -0.2) is 4.98 Å². The Bertz CT molecular complexity index is 400. The third kappa shape index (κ3) is 1.89. The van der Waals surface area contributed by atoms with E-state index in [2.05, 4.69) is 4.98 Å². The molecule has 1 aromatic heterocycles. The second-order valence-corrected chi connectivity index (χ2v) is 3.08. The molecule has 70 valence electrons. The van der Waals surface area contributed by atoms with Crippen molar-refractivity contribution in [1.29, 1.82) is 0 Å². The molecule has 0 aliphatic rings. The van der Waals surface area contributed by atoms with Crippen LogP contribution in [0.5, 0.6) is 0 Å². The van der Waals surface area contributed by atoms with Crippen molar-refractivity contribution in [3.8, 4) is 0 Å². The lowest BCUT2D eigenvalue weighted by Crippen LogP contribution is -2.24. The van der Waals surface area contributed by atoms with E-state index in [1.165, 1.54) is 4.57 Å². The van der Waals surface area contributed by atoms with Crippen LogP contribution in [0, 0.1) is 6.92 Å². The van der Waals surface area contributed by atoms with Gasteiger partial charge in [0.05, 0.1) is 12.2 Å². The van der Waals surface area contributed by atoms with Gasteiger partial charge in [0.2, 0.25) is 0 Å². The van der Waals surface area contributed by atoms with Crippen LogP contribution in [0.1, 0.15) is 5.69 Å². The topological polar surface area (TPSA) is 52.0 Å². The first kappa shape index (κ1) is 10.2. The highest BCUT2D eigenvalue weighted by atomic mass is 35.5. The second kappa shape index (κ2) is 3.89. The summed E-state index contributed by atoms with van der Waals surface area (Å²) >= 11 is 11.1. The Morgan fingerprint density at radius 2 is 2.08 bits per heavy atom. The predicted molar refractivity (Wildman–Crippen MR) is 49.3 cm³/mol. The van der Waals surface area contributed by atoms with Crippen molar-refractivity contribution < 1.29 is 4.79 Å². The third-order valence-electron chi connectivity index (χ3n) is 1.58. The zero-order chi connectivity index (χ0) is 10.0. The van der Waals surface area contributed by atoms with E-state index in [-0.39, 0.29) is 16.9 Å². The van der Waals surface area contributed by atoms with Crippen LogP contribution in [0.15, 0.2) is 4.79 Å². The summed E-state index contributed by atoms with van der Waals surface area (Å²) in [6.07, 6.45) is 0.598. The molecule has 0 saturated heterocycles. The van der Waals surface area contributed by atoms with Crippen LogP contribution in [-0.4, -0.2) is 15.8 Å². The van der Waals surface area contributed by atoms with Gasteiger partial charge in [-0.1, -0.05) is 23.2 Å². The van der Waals surface area contributed by atoms with Crippen molar-refractivity contribution in [3.63, 3.8) is 0 Å². The van der Waals surface area contributed by atoms with Crippen molar-refractivity contribution in [2.75, 3.05) is 0 Å². The molecule has 0 fully saturated rings. The SMILES string of the molecule is Cc1c(Cl)nc(Cl)c(=O)n1CC=O. The number of nitrogens with zero attached hydrogens (tertiary/aromatic N) is 2. The fraction of sp³-hybridized carbons (Fsp3) is 0.286. The monoisotopic (exact) mass is 220 g/mol. The van der Waals surface area contributed by atoms with Gasteiger partial charge in [0.25, 0.3) is 5.56 Å². The van der Waals surface area contributed by atoms with Crippen LogP contribution in [0.25, 0.3) is 0 Å². The summed E-state index contributed by atoms with van der Waals surface area (Å²) in [6.45, 7) is 1.53. The molecular formula is C7H6Cl2N2O2. The fourth-order valence-electron chi connectivity index (χ4n) is 0.884. The fourth-order valence-corrected chi connectivity index (χ4v) is 1.30. The van der Waals surface area contributed by atoms with Crippen LogP contribution in [0.2, 0.25) is 10.3 Å². The molecule has 0 aromatic carbocycles. The molecule has 13 heavy (non-hydrogen) atoms. The average Bonchev–Trinajstić information content (AvgIpc) is 2.09. The van der Waals surface area contributed by atoms with E-state index >= 15 is 0 Å². The highest BCUT2D eigenvalue weighted by Crippen LogP contribution is 2.11. The Kier molecular flexibility index (Phi) is 3.06. The molecule has 1 rings (SSSR count). The van der Waals surface area contributed by atoms with Crippen molar-refractivity contribution in [3.05, 3.63) is 26.4 Å². The first-order chi connectivity index (χ1) is 6.07. The first-order valence-corrected chi connectivity index (χ1v) is 4.19. The minimum atomic E-state index is -0.504. The normalized spacial score (nSPS) is 10.1. The van der Waals surface area contributed by atoms with E-state index in [0.717, 1.165) is 0 Å². The van der Waals surface area contributed by atoms with Crippen molar-refractivity contribution in [2.45, 2.75) is 13.5 Å². The molecule has 0 atom stereocenters. The molecule has 0 saturated carbocycles. The maximum Gasteiger partial charge on any atom is 0.288 e. The standard InChI is InChI=1S/C7H6Cl2N2O2/c1-4-5(8)10-6(9)7(13)11(4)2-3-12/h3H,2H2,1H3. The van der Waals surface area contributed by atoms with E-state index in [9.17, 15) is 9.59 Å². The molecular weight excluding hydrogens is 215 g/mol. The molecule has 4 nitrogen and oxygen atoms in total. The van der Waals surface area contributed by atoms with Gasteiger partial charge in [0, 0.05) is 0 Å². The molecule has 0 aliphatic carbocycles. The van der Waals surface area contributed by atoms with E-state index in [1.807, 2.05) is 0 Å². The third-order valence-corrected chi connectivity index (χ3v) is 2.18. The van der Waals surface area contributed by atoms with Crippen LogP contribution in [0.3, 0.4) is 0 Å². The number of rotatable bonds is 2. The lowest BCUT2D eigenvalue weighted by molar-refractivity contribution is -0.108. The average molecular weight is 221 g/mol. The van der Waals surface area contributed by atoms with Crippen molar-refractivity contribution >= 4 is 29.5 Å². The number of hydrogen-bond acceptors (Lipinski definition) is 3. The lowest BCUT2D eigenvalue weighted by Gasteiger charge is -2.06. The van der Waals surface area contributed by atoms with E-state index in [1.54, 1.807) is 6.92 Å². The van der Waals surface area contributed by atoms with Crippen LogP contribution < -0.4 is 5.56 Å². The number of carbonyl (C=O) groups is 1. The summed E-state index contributed by atoms with van der Waals surface area (Å²) in [7, 11) is 0. The zero-order valence-corrected chi connectivity index (χ0v) is 8.26. The van der Waals surface area contributed by atoms with Gasteiger partial charge in [-0.15, -0.1) is 0 Å². The maximum atomic E-state index is 11.3. The summed E-state index contributed by atoms with van der Waals surface area (Å²) in [6, 6.07) is 0. The molecule has 0 unspecified atom stereocenters. The summed E-state index contributed by atoms with van der Waals surface area (Å²) in [5.41, 5.74) is -0.0705. The summed E-state index contributed by atoms with van der Waals surface area (Å²) < 4.78 is 1.17. The Labute approximate surface area is 84.1 Å². The number of halogens is 2. The van der Waals surface area contributed by atoms with Crippen LogP contribution in [-0.2, 0) is 11.3 Å². The van der Waals surface area contributed by atoms with E-state index in [4.69, 9.17) is 23.2 Å². The van der Waals surface area contributed by atoms with E-state index in [0.29, 0.717) is 12.0 Å². The van der Waals surface area contributed by atoms with Crippen molar-refractivity contribution in [2.24, 2.45) is 0 Å². The minimum Gasteiger partial charge on any atom is -0.301 e. The molecule has 0 bridgehead atoms. The molecule has 0 radical (unpaired) electrons. The Balaban J connectivity index is 3.46. The highest BCUT2D eigenvalue weighted by molar-refractivity contribution is 6.32. The van der Waals surface area contributed by atoms with Gasteiger partial charge in [-0.05, 0) is 6.92 Å². The van der Waals surface area contributed by atoms with Gasteiger partial charge in [0.1, 0.15) is 11.4 Å². The number of aromatic nitrogens is 2. The van der Waals surface area contributed by atoms with E-state index < -0.39 is 5.56 Å². The molecule has 1 heterocycles. The maximum absolute atomic E-state index is 11.3. The van der Waals surface area contributed by atoms with Crippen LogP contribution >= 0.6 is 23.2 Å². The molecule has 0 amide bonds. The molecule has 0 spiro atoms. The Hall–Kier alpha value is -0.870.